The van der Waals surface area contributed by atoms with E-state index in [1.807, 2.05) is 13.8 Å². The SMILES string of the molecule is CCCCCCCCCCCC(OP(=O)(O)OC1=C(O)[C@@H](C(O)CO)OC1=O)C(C)CC. The van der Waals surface area contributed by atoms with E-state index in [0.29, 0.717) is 6.42 Å². The van der Waals surface area contributed by atoms with Crippen molar-refractivity contribution in [1.29, 1.82) is 0 Å². The number of rotatable bonds is 18. The molecule has 5 atom stereocenters. The highest BCUT2D eigenvalue weighted by Gasteiger charge is 2.44. The molecule has 0 aromatic carbocycles. The average molecular weight is 481 g/mol. The third-order valence-electron chi connectivity index (χ3n) is 5.80. The van der Waals surface area contributed by atoms with Crippen molar-refractivity contribution in [2.24, 2.45) is 5.92 Å². The Labute approximate surface area is 191 Å². The van der Waals surface area contributed by atoms with Gasteiger partial charge >= 0.3 is 13.8 Å². The predicted molar refractivity (Wildman–Crippen MR) is 120 cm³/mol. The van der Waals surface area contributed by atoms with Gasteiger partial charge in [-0.3, -0.25) is 9.42 Å². The van der Waals surface area contributed by atoms with Crippen LogP contribution in [-0.2, 0) is 23.1 Å². The number of carbonyl (C=O) groups is 1. The molecule has 4 unspecified atom stereocenters. The summed E-state index contributed by atoms with van der Waals surface area (Å²) in [5.74, 6) is -2.97. The van der Waals surface area contributed by atoms with Gasteiger partial charge in [-0.2, -0.15) is 0 Å². The van der Waals surface area contributed by atoms with Gasteiger partial charge in [0.05, 0.1) is 12.7 Å². The molecule has 0 fully saturated rings. The molecule has 4 N–H and O–H groups in total. The first-order valence-corrected chi connectivity index (χ1v) is 13.3. The van der Waals surface area contributed by atoms with Crippen LogP contribution in [0.25, 0.3) is 0 Å². The van der Waals surface area contributed by atoms with Crippen LogP contribution in [-0.4, -0.2) is 51.1 Å². The number of aliphatic hydroxyl groups excluding tert-OH is 3. The van der Waals surface area contributed by atoms with Crippen molar-refractivity contribution in [2.45, 2.75) is 110 Å². The van der Waals surface area contributed by atoms with E-state index in [0.717, 1.165) is 25.7 Å². The number of carbonyl (C=O) groups excluding carboxylic acids is 1. The van der Waals surface area contributed by atoms with Crippen LogP contribution in [0, 0.1) is 5.92 Å². The number of phosphoric ester groups is 1. The summed E-state index contributed by atoms with van der Waals surface area (Å²) in [6.45, 7) is 5.28. The summed E-state index contributed by atoms with van der Waals surface area (Å²) < 4.78 is 27.4. The predicted octanol–water partition coefficient (Wildman–Crippen LogP) is 4.50. The third-order valence-corrected chi connectivity index (χ3v) is 6.75. The Kier molecular flexibility index (Phi) is 13.5. The third kappa shape index (κ3) is 9.79. The molecule has 0 amide bonds. The molecule has 32 heavy (non-hydrogen) atoms. The van der Waals surface area contributed by atoms with Gasteiger partial charge in [0.25, 0.3) is 5.76 Å². The van der Waals surface area contributed by atoms with Crippen LogP contribution in [0.3, 0.4) is 0 Å². The molecule has 1 aliphatic heterocycles. The molecular formula is C22H41O9P. The van der Waals surface area contributed by atoms with Gasteiger partial charge in [0.1, 0.15) is 6.10 Å². The molecule has 0 saturated carbocycles. The molecule has 1 rings (SSSR count). The van der Waals surface area contributed by atoms with Gasteiger partial charge in [-0.15, -0.1) is 0 Å². The minimum atomic E-state index is -4.74. The summed E-state index contributed by atoms with van der Waals surface area (Å²) in [4.78, 5) is 22.1. The fourth-order valence-electron chi connectivity index (χ4n) is 3.57. The molecule has 0 aromatic heterocycles. The van der Waals surface area contributed by atoms with Crippen molar-refractivity contribution in [1.82, 2.24) is 0 Å². The molecule has 1 heterocycles. The van der Waals surface area contributed by atoms with Crippen molar-refractivity contribution >= 4 is 13.8 Å². The van der Waals surface area contributed by atoms with E-state index in [4.69, 9.17) is 18.9 Å². The quantitative estimate of drug-likeness (QED) is 0.127. The summed E-state index contributed by atoms with van der Waals surface area (Å²) in [6.07, 6.45) is 8.01. The van der Waals surface area contributed by atoms with E-state index >= 15 is 0 Å². The van der Waals surface area contributed by atoms with Crippen LogP contribution in [0.15, 0.2) is 11.5 Å². The molecule has 1 aliphatic rings. The van der Waals surface area contributed by atoms with Crippen LogP contribution in [0.2, 0.25) is 0 Å². The van der Waals surface area contributed by atoms with Crippen LogP contribution < -0.4 is 0 Å². The first-order valence-electron chi connectivity index (χ1n) is 11.8. The van der Waals surface area contributed by atoms with Crippen LogP contribution in [0.5, 0.6) is 0 Å². The number of ether oxygens (including phenoxy) is 1. The summed E-state index contributed by atoms with van der Waals surface area (Å²) in [5, 5.41) is 28.6. The Balaban J connectivity index is 2.58. The topological polar surface area (TPSA) is 143 Å². The minimum absolute atomic E-state index is 0.0183. The maximum absolute atomic E-state index is 12.5. The van der Waals surface area contributed by atoms with E-state index in [2.05, 4.69) is 6.92 Å². The Hall–Kier alpha value is -1.12. The highest BCUT2D eigenvalue weighted by molar-refractivity contribution is 7.47. The van der Waals surface area contributed by atoms with Crippen LogP contribution >= 0.6 is 7.82 Å². The molecule has 0 spiro atoms. The first kappa shape index (κ1) is 28.9. The molecular weight excluding hydrogens is 439 g/mol. The van der Waals surface area contributed by atoms with Crippen LogP contribution in [0.1, 0.15) is 91.4 Å². The number of unbranched alkanes of at least 4 members (excludes halogenated alkanes) is 8. The summed E-state index contributed by atoms with van der Waals surface area (Å²) in [7, 11) is -4.74. The van der Waals surface area contributed by atoms with E-state index in [-0.39, 0.29) is 5.92 Å². The second-order valence-electron chi connectivity index (χ2n) is 8.50. The van der Waals surface area contributed by atoms with E-state index in [1.54, 1.807) is 0 Å². The molecule has 0 bridgehead atoms. The molecule has 0 aromatic rings. The van der Waals surface area contributed by atoms with Gasteiger partial charge in [0.2, 0.25) is 0 Å². The van der Waals surface area contributed by atoms with Crippen molar-refractivity contribution in [3.05, 3.63) is 11.5 Å². The standard InChI is InChI=1S/C22H41O9P/c1-4-6-7-8-9-10-11-12-13-14-18(16(3)5-2)30-32(27,28)31-21-19(25)20(17(24)15-23)29-22(21)26/h16-18,20,23-25H,4-15H2,1-3H3,(H,27,28)/t16?,17?,18?,20-/m1/s1. The zero-order valence-corrected chi connectivity index (χ0v) is 20.5. The Morgan fingerprint density at radius 1 is 1.06 bits per heavy atom. The van der Waals surface area contributed by atoms with E-state index < -0.39 is 50.2 Å². The summed E-state index contributed by atoms with van der Waals surface area (Å²) in [6, 6.07) is 0. The molecule has 188 valence electrons. The smallest absolute Gasteiger partial charge is 0.505 e. The molecule has 0 radical (unpaired) electrons. The van der Waals surface area contributed by atoms with Crippen molar-refractivity contribution in [3.63, 3.8) is 0 Å². The molecule has 0 aliphatic carbocycles. The fourth-order valence-corrected chi connectivity index (χ4v) is 4.66. The first-order chi connectivity index (χ1) is 15.2. The lowest BCUT2D eigenvalue weighted by Gasteiger charge is -2.25. The number of aliphatic hydroxyl groups is 3. The highest BCUT2D eigenvalue weighted by Crippen LogP contribution is 2.50. The number of hydrogen-bond acceptors (Lipinski definition) is 8. The van der Waals surface area contributed by atoms with Crippen molar-refractivity contribution < 1.29 is 43.4 Å². The van der Waals surface area contributed by atoms with Gasteiger partial charge in [-0.25, -0.2) is 9.36 Å². The lowest BCUT2D eigenvalue weighted by Crippen LogP contribution is -2.31. The zero-order valence-electron chi connectivity index (χ0n) is 19.6. The highest BCUT2D eigenvalue weighted by atomic mass is 31.2. The maximum Gasteiger partial charge on any atom is 0.528 e. The number of esters is 1. The van der Waals surface area contributed by atoms with Crippen LogP contribution in [0.4, 0.5) is 0 Å². The van der Waals surface area contributed by atoms with Gasteiger partial charge in [0.15, 0.2) is 11.9 Å². The van der Waals surface area contributed by atoms with E-state index in [1.165, 1.54) is 38.5 Å². The van der Waals surface area contributed by atoms with Gasteiger partial charge in [-0.1, -0.05) is 85.0 Å². The van der Waals surface area contributed by atoms with Crippen molar-refractivity contribution in [2.75, 3.05) is 6.61 Å². The summed E-state index contributed by atoms with van der Waals surface area (Å²) >= 11 is 0. The Morgan fingerprint density at radius 3 is 2.16 bits per heavy atom. The Bertz CT molecular complexity index is 637. The second kappa shape index (κ2) is 14.9. The van der Waals surface area contributed by atoms with Gasteiger partial charge < -0.3 is 24.6 Å². The van der Waals surface area contributed by atoms with Crippen molar-refractivity contribution in [3.8, 4) is 0 Å². The molecule has 10 heteroatoms. The number of phosphoric acid groups is 1. The molecule has 9 nitrogen and oxygen atoms in total. The monoisotopic (exact) mass is 480 g/mol. The largest absolute Gasteiger partial charge is 0.528 e. The lowest BCUT2D eigenvalue weighted by molar-refractivity contribution is -0.147. The lowest BCUT2D eigenvalue weighted by atomic mass is 9.96. The maximum atomic E-state index is 12.5. The van der Waals surface area contributed by atoms with Gasteiger partial charge in [-0.05, 0) is 12.3 Å². The second-order valence-corrected chi connectivity index (χ2v) is 9.83. The normalized spacial score (nSPS) is 21.2. The molecule has 0 saturated heterocycles. The average Bonchev–Trinajstić information content (AvgIpc) is 3.03. The fraction of sp³-hybridized carbons (Fsp3) is 0.864. The number of hydrogen-bond donors (Lipinski definition) is 4. The summed E-state index contributed by atoms with van der Waals surface area (Å²) in [5.41, 5.74) is 0. The van der Waals surface area contributed by atoms with E-state index in [9.17, 15) is 24.5 Å². The van der Waals surface area contributed by atoms with Gasteiger partial charge in [0, 0.05) is 0 Å². The zero-order chi connectivity index (χ0) is 24.1. The Morgan fingerprint density at radius 2 is 1.62 bits per heavy atom. The minimum Gasteiger partial charge on any atom is -0.505 e. The number of cyclic esters (lactones) is 1.